The van der Waals surface area contributed by atoms with E-state index < -0.39 is 22.8 Å². The zero-order chi connectivity index (χ0) is 18.6. The van der Waals surface area contributed by atoms with Crippen molar-refractivity contribution >= 4 is 17.8 Å². The zero-order valence-corrected chi connectivity index (χ0v) is 13.7. The Kier molecular flexibility index (Phi) is 5.41. The molecule has 2 aromatic rings. The number of nitro groups is 1. The summed E-state index contributed by atoms with van der Waals surface area (Å²) < 4.78 is 20.8. The van der Waals surface area contributed by atoms with Gasteiger partial charge >= 0.3 is 11.6 Å². The molecule has 1 N–H and O–H groups in total. The summed E-state index contributed by atoms with van der Waals surface area (Å²) in [5.74, 6) is -1.37. The van der Waals surface area contributed by atoms with E-state index in [4.69, 9.17) is 4.74 Å². The average molecular weight is 353 g/mol. The van der Waals surface area contributed by atoms with Gasteiger partial charge in [-0.25, -0.2) is 14.8 Å². The third kappa shape index (κ3) is 3.79. The summed E-state index contributed by atoms with van der Waals surface area (Å²) in [5.41, 5.74) is 1.97. The second-order valence-electron chi connectivity index (χ2n) is 4.88. The fourth-order valence-corrected chi connectivity index (χ4v) is 1.91. The van der Waals surface area contributed by atoms with E-state index in [1.54, 1.807) is 6.92 Å². The number of aryl methyl sites for hydroxylation is 1. The molecule has 1 atom stereocenters. The number of carbonyl (C=O) groups is 1. The number of nitrogens with one attached hydrogen (secondary N) is 1. The lowest BCUT2D eigenvalue weighted by molar-refractivity contribution is -0.385. The molecule has 25 heavy (non-hydrogen) atoms. The molecule has 0 radical (unpaired) electrons. The first kappa shape index (κ1) is 18.0. The quantitative estimate of drug-likeness (QED) is 0.446. The number of amides is 1. The number of carbonyl (C=O) groups excluding carboxylic acids is 1. The monoisotopic (exact) mass is 353 g/mol. The van der Waals surface area contributed by atoms with E-state index in [0.29, 0.717) is 6.54 Å². The minimum absolute atomic E-state index is 0.117. The number of rotatable bonds is 7. The van der Waals surface area contributed by atoms with E-state index in [1.165, 1.54) is 20.2 Å². The lowest BCUT2D eigenvalue weighted by Crippen LogP contribution is -2.27. The van der Waals surface area contributed by atoms with Gasteiger partial charge in [0.25, 0.3) is 5.91 Å². The van der Waals surface area contributed by atoms with Crippen LogP contribution in [-0.4, -0.2) is 43.7 Å². The first-order valence-electron chi connectivity index (χ1n) is 7.20. The predicted molar refractivity (Wildman–Crippen MR) is 83.7 cm³/mol. The number of methoxy groups -OCH3 is 1. The number of aromatic nitrogens is 4. The number of ether oxygens (including phenoxy) is 1. The Morgan fingerprint density at radius 1 is 1.64 bits per heavy atom. The van der Waals surface area contributed by atoms with Crippen molar-refractivity contribution < 1.29 is 18.8 Å². The highest BCUT2D eigenvalue weighted by molar-refractivity contribution is 5.83. The van der Waals surface area contributed by atoms with Crippen LogP contribution in [0.25, 0.3) is 0 Å². The van der Waals surface area contributed by atoms with Crippen molar-refractivity contribution in [2.45, 2.75) is 26.4 Å². The maximum absolute atomic E-state index is 13.7. The second kappa shape index (κ2) is 7.51. The lowest BCUT2D eigenvalue weighted by Gasteiger charge is -2.08. The molecular formula is C13H16FN7O4. The highest BCUT2D eigenvalue weighted by Gasteiger charge is 2.25. The van der Waals surface area contributed by atoms with Crippen molar-refractivity contribution in [2.75, 3.05) is 7.11 Å². The number of halogens is 1. The summed E-state index contributed by atoms with van der Waals surface area (Å²) in [6, 6.07) is -0.900. The second-order valence-corrected chi connectivity index (χ2v) is 4.88. The summed E-state index contributed by atoms with van der Waals surface area (Å²) >= 11 is 0. The summed E-state index contributed by atoms with van der Waals surface area (Å²) in [6.45, 7) is 3.57. The van der Waals surface area contributed by atoms with Gasteiger partial charge in [0.2, 0.25) is 5.95 Å². The van der Waals surface area contributed by atoms with E-state index in [1.807, 2.05) is 0 Å². The number of hydrogen-bond acceptors (Lipinski definition) is 7. The van der Waals surface area contributed by atoms with Crippen LogP contribution < -0.4 is 10.2 Å². The summed E-state index contributed by atoms with van der Waals surface area (Å²) in [6.07, 6.45) is 3.47. The molecule has 1 amide bonds. The van der Waals surface area contributed by atoms with E-state index in [2.05, 4.69) is 20.7 Å². The minimum Gasteiger partial charge on any atom is -0.475 e. The molecule has 0 aliphatic heterocycles. The lowest BCUT2D eigenvalue weighted by atomic mass is 10.3. The molecule has 2 aromatic heterocycles. The molecule has 0 fully saturated rings. The molecule has 134 valence electrons. The maximum Gasteiger partial charge on any atom is 0.350 e. The molecular weight excluding hydrogens is 337 g/mol. The van der Waals surface area contributed by atoms with Crippen molar-refractivity contribution in [3.8, 4) is 5.88 Å². The van der Waals surface area contributed by atoms with Gasteiger partial charge in [-0.1, -0.05) is 0 Å². The topological polar surface area (TPSA) is 129 Å². The fourth-order valence-electron chi connectivity index (χ4n) is 1.91. The molecule has 2 rings (SSSR count). The molecule has 0 aromatic carbocycles. The smallest absolute Gasteiger partial charge is 0.350 e. The van der Waals surface area contributed by atoms with Crippen molar-refractivity contribution in [3.05, 3.63) is 34.0 Å². The predicted octanol–water partition coefficient (Wildman–Crippen LogP) is 0.867. The van der Waals surface area contributed by atoms with Gasteiger partial charge in [0, 0.05) is 6.54 Å². The fraction of sp³-hybridized carbons (Fsp3) is 0.385. The Bertz CT molecular complexity index is 813. The third-order valence-corrected chi connectivity index (χ3v) is 3.33. The number of nitrogens with zero attached hydrogens (tertiary/aromatic N) is 6. The van der Waals surface area contributed by atoms with Crippen LogP contribution in [-0.2, 0) is 11.3 Å². The molecule has 0 aliphatic rings. The van der Waals surface area contributed by atoms with Crippen molar-refractivity contribution in [1.29, 1.82) is 0 Å². The van der Waals surface area contributed by atoms with Gasteiger partial charge < -0.3 is 4.74 Å². The molecule has 2 heterocycles. The molecule has 0 aliphatic carbocycles. The van der Waals surface area contributed by atoms with Gasteiger partial charge in [-0.15, -0.1) is 5.10 Å². The SMILES string of the molecule is CCn1ncc(/C=N\NC(=O)[C@H](C)n2cc([N+](=O)[O-])c(OC)n2)c1F. The Morgan fingerprint density at radius 3 is 2.88 bits per heavy atom. The van der Waals surface area contributed by atoms with Crippen LogP contribution in [0, 0.1) is 16.1 Å². The minimum atomic E-state index is -0.900. The molecule has 11 nitrogen and oxygen atoms in total. The summed E-state index contributed by atoms with van der Waals surface area (Å²) in [7, 11) is 1.24. The van der Waals surface area contributed by atoms with E-state index >= 15 is 0 Å². The maximum atomic E-state index is 13.7. The van der Waals surface area contributed by atoms with Crippen LogP contribution in [0.4, 0.5) is 10.1 Å². The molecule has 0 saturated carbocycles. The molecule has 0 saturated heterocycles. The zero-order valence-electron chi connectivity index (χ0n) is 13.7. The normalized spacial score (nSPS) is 12.3. The molecule has 0 unspecified atom stereocenters. The van der Waals surface area contributed by atoms with E-state index in [0.717, 1.165) is 21.8 Å². The standard InChI is InChI=1S/C13H16FN7O4/c1-4-19-11(14)9(6-16-19)5-15-17-12(22)8(2)20-7-10(21(23)24)13(18-20)25-3/h5-8H,4H2,1-3H3,(H,17,22)/b15-5-/t8-/m0/s1. The average Bonchev–Trinajstić information content (AvgIpc) is 3.18. The first-order valence-corrected chi connectivity index (χ1v) is 7.20. The highest BCUT2D eigenvalue weighted by Crippen LogP contribution is 2.25. The summed E-state index contributed by atoms with van der Waals surface area (Å²) in [4.78, 5) is 22.3. The Hall–Kier alpha value is -3.31. The van der Waals surface area contributed by atoms with Crippen molar-refractivity contribution in [1.82, 2.24) is 25.0 Å². The van der Waals surface area contributed by atoms with Gasteiger partial charge in [0.15, 0.2) is 0 Å². The van der Waals surface area contributed by atoms with Crippen molar-refractivity contribution in [3.63, 3.8) is 0 Å². The van der Waals surface area contributed by atoms with Crippen LogP contribution in [0.15, 0.2) is 17.5 Å². The van der Waals surface area contributed by atoms with Crippen LogP contribution in [0.1, 0.15) is 25.5 Å². The van der Waals surface area contributed by atoms with Gasteiger partial charge in [0.05, 0.1) is 30.0 Å². The van der Waals surface area contributed by atoms with Gasteiger partial charge in [0.1, 0.15) is 12.2 Å². The Labute approximate surface area is 141 Å². The Morgan fingerprint density at radius 2 is 2.36 bits per heavy atom. The summed E-state index contributed by atoms with van der Waals surface area (Å²) in [5, 5.41) is 22.2. The molecule has 12 heteroatoms. The Balaban J connectivity index is 2.06. The van der Waals surface area contributed by atoms with Gasteiger partial charge in [-0.2, -0.15) is 14.6 Å². The highest BCUT2D eigenvalue weighted by atomic mass is 19.1. The number of hydrazone groups is 1. The van der Waals surface area contributed by atoms with E-state index in [-0.39, 0.29) is 17.1 Å². The van der Waals surface area contributed by atoms with Crippen LogP contribution in [0.5, 0.6) is 5.88 Å². The first-order chi connectivity index (χ1) is 11.9. The molecule has 0 bridgehead atoms. The van der Waals surface area contributed by atoms with E-state index in [9.17, 15) is 19.3 Å². The number of hydrogen-bond donors (Lipinski definition) is 1. The molecule has 0 spiro atoms. The van der Waals surface area contributed by atoms with Gasteiger partial charge in [-0.05, 0) is 13.8 Å². The largest absolute Gasteiger partial charge is 0.475 e. The van der Waals surface area contributed by atoms with Gasteiger partial charge in [-0.3, -0.25) is 14.9 Å². The van der Waals surface area contributed by atoms with Crippen LogP contribution in [0.2, 0.25) is 0 Å². The third-order valence-electron chi connectivity index (χ3n) is 3.33. The van der Waals surface area contributed by atoms with Crippen LogP contribution in [0.3, 0.4) is 0 Å². The van der Waals surface area contributed by atoms with Crippen LogP contribution >= 0.6 is 0 Å². The van der Waals surface area contributed by atoms with Crippen molar-refractivity contribution in [2.24, 2.45) is 5.10 Å².